The van der Waals surface area contributed by atoms with Crippen LogP contribution in [0.4, 0.5) is 0 Å². The Morgan fingerprint density at radius 1 is 0.909 bits per heavy atom. The maximum atomic E-state index is 12.4. The topological polar surface area (TPSA) is 103 Å². The smallest absolute Gasteiger partial charge is 0.744 e. The summed E-state index contributed by atoms with van der Waals surface area (Å²) in [5.74, 6) is 0.267. The number of rotatable bonds is 9. The molecule has 1 aromatic carbocycles. The molecule has 1 aromatic rings. The molecule has 0 aromatic heterocycles. The number of nitrogens with one attached hydrogen (secondary N) is 1. The summed E-state index contributed by atoms with van der Waals surface area (Å²) in [4.78, 5) is 0.0199. The third-order valence-electron chi connectivity index (χ3n) is 5.32. The summed E-state index contributed by atoms with van der Waals surface area (Å²) in [5.41, 5.74) is 3.00. The maximum absolute atomic E-state index is 12.4. The van der Waals surface area contributed by atoms with Crippen molar-refractivity contribution in [3.8, 4) is 11.1 Å². The molecule has 0 saturated heterocycles. The molecule has 3 rings (SSSR count). The van der Waals surface area contributed by atoms with Gasteiger partial charge in [0, 0.05) is 10.1 Å². The summed E-state index contributed by atoms with van der Waals surface area (Å²) in [6, 6.07) is 15.4. The van der Waals surface area contributed by atoms with Crippen molar-refractivity contribution in [3.05, 3.63) is 69.3 Å². The van der Waals surface area contributed by atoms with Crippen molar-refractivity contribution in [2.24, 2.45) is 0 Å². The van der Waals surface area contributed by atoms with Crippen LogP contribution in [-0.2, 0) is 26.6 Å². The van der Waals surface area contributed by atoms with Crippen molar-refractivity contribution < 1.29 is 50.9 Å². The van der Waals surface area contributed by atoms with E-state index >= 15 is 0 Å². The van der Waals surface area contributed by atoms with Gasteiger partial charge in [-0.05, 0) is 100 Å². The molecule has 2 aliphatic carbocycles. The second-order valence-corrected chi connectivity index (χ2v) is 12.3. The molecular weight excluding hydrogens is 584 g/mol. The Morgan fingerprint density at radius 2 is 1.52 bits per heavy atom. The molecule has 0 fully saturated rings. The Balaban J connectivity index is 0.00000385. The van der Waals surface area contributed by atoms with E-state index in [2.05, 4.69) is 27.3 Å². The summed E-state index contributed by atoms with van der Waals surface area (Å²) < 4.78 is 63.7. The summed E-state index contributed by atoms with van der Waals surface area (Å²) in [6.45, 7) is 4.36. The van der Waals surface area contributed by atoms with E-state index in [1.54, 1.807) is 30.3 Å². The van der Waals surface area contributed by atoms with Gasteiger partial charge in [0.05, 0.1) is 9.79 Å². The Morgan fingerprint density at radius 3 is 2.09 bits per heavy atom. The zero-order valence-electron chi connectivity index (χ0n) is 18.8. The van der Waals surface area contributed by atoms with Gasteiger partial charge in [-0.25, -0.2) is 21.6 Å². The first-order chi connectivity index (χ1) is 15.0. The van der Waals surface area contributed by atoms with E-state index in [-0.39, 0.29) is 51.8 Å². The van der Waals surface area contributed by atoms with Crippen LogP contribution in [-0.4, -0.2) is 27.9 Å². The largest absolute Gasteiger partial charge is 1.00 e. The van der Waals surface area contributed by atoms with Crippen LogP contribution >= 0.6 is 22.6 Å². The first-order valence-electron chi connectivity index (χ1n) is 10.3. The first-order valence-corrected chi connectivity index (χ1v) is 14.2. The Hall–Kier alpha value is -0.530. The minimum absolute atomic E-state index is 0. The monoisotopic (exact) mass is 609 g/mol. The van der Waals surface area contributed by atoms with E-state index in [4.69, 9.17) is 0 Å². The predicted octanol–water partition coefficient (Wildman–Crippen LogP) is 1.73. The van der Waals surface area contributed by atoms with Crippen molar-refractivity contribution in [2.75, 3.05) is 6.54 Å². The van der Waals surface area contributed by atoms with Crippen LogP contribution in [0.15, 0.2) is 64.4 Å². The Kier molecular flexibility index (Phi) is 10.4. The Bertz CT molecular complexity index is 1280. The number of aryl methyl sites for hydroxylation is 1. The van der Waals surface area contributed by atoms with Crippen molar-refractivity contribution in [2.45, 2.75) is 48.8 Å². The minimum atomic E-state index is -4.60. The number of fused-ring (bicyclic) bond motifs is 1. The number of sulfonamides is 1. The van der Waals surface area contributed by atoms with Gasteiger partial charge in [-0.3, -0.25) is 0 Å². The average Bonchev–Trinajstić information content (AvgIpc) is 2.91. The summed E-state index contributed by atoms with van der Waals surface area (Å²) in [5, 5.41) is 0. The van der Waals surface area contributed by atoms with Crippen LogP contribution in [0.1, 0.15) is 43.7 Å². The summed E-state index contributed by atoms with van der Waals surface area (Å²) in [6.07, 6.45) is 1.76. The fourth-order valence-corrected chi connectivity index (χ4v) is 5.71. The molecule has 1 N–H and O–H groups in total. The average molecular weight is 609 g/mol. The molecule has 0 saturated carbocycles. The fraction of sp³-hybridized carbons (Fsp3) is 0.304. The van der Waals surface area contributed by atoms with Gasteiger partial charge in [0.1, 0.15) is 10.1 Å². The van der Waals surface area contributed by atoms with E-state index in [9.17, 15) is 21.4 Å². The van der Waals surface area contributed by atoms with Gasteiger partial charge in [-0.15, -0.1) is 0 Å². The third kappa shape index (κ3) is 7.47. The maximum Gasteiger partial charge on any atom is 1.00 e. The number of unbranched alkanes of at least 4 members (excludes halogenated alkanes) is 1. The zero-order chi connectivity index (χ0) is 23.5. The molecule has 6 nitrogen and oxygen atoms in total. The molecule has 0 radical (unpaired) electrons. The van der Waals surface area contributed by atoms with Gasteiger partial charge in [-0.1, -0.05) is 38.1 Å². The SMILES string of the molecule is CC(C)c1ccc2c(CCCCNS(=O)(=O)c3ccc(I)cc3)cc(S(=O)(=O)[O-])c-2cc1.[Na+]. The van der Waals surface area contributed by atoms with E-state index in [0.29, 0.717) is 24.8 Å². The van der Waals surface area contributed by atoms with Crippen LogP contribution in [0.5, 0.6) is 0 Å². The molecule has 2 aliphatic rings. The molecule has 0 aliphatic heterocycles. The van der Waals surface area contributed by atoms with Crippen molar-refractivity contribution >= 4 is 42.7 Å². The number of hydrogen-bond acceptors (Lipinski definition) is 5. The molecule has 0 bridgehead atoms. The Labute approximate surface area is 232 Å². The quantitative estimate of drug-likeness (QED) is 0.172. The van der Waals surface area contributed by atoms with E-state index in [1.807, 2.05) is 32.0 Å². The molecule has 33 heavy (non-hydrogen) atoms. The van der Waals surface area contributed by atoms with E-state index in [0.717, 1.165) is 20.3 Å². The summed E-state index contributed by atoms with van der Waals surface area (Å²) >= 11 is 2.11. The van der Waals surface area contributed by atoms with Crippen LogP contribution in [0.3, 0.4) is 0 Å². The first kappa shape index (κ1) is 28.7. The third-order valence-corrected chi connectivity index (χ3v) is 8.39. The van der Waals surface area contributed by atoms with Crippen molar-refractivity contribution in [3.63, 3.8) is 0 Å². The molecule has 0 heterocycles. The second kappa shape index (κ2) is 11.9. The van der Waals surface area contributed by atoms with Gasteiger partial charge >= 0.3 is 29.6 Å². The molecule has 172 valence electrons. The van der Waals surface area contributed by atoms with Crippen LogP contribution in [0.25, 0.3) is 11.1 Å². The molecule has 0 amide bonds. The van der Waals surface area contributed by atoms with Crippen LogP contribution in [0.2, 0.25) is 0 Å². The standard InChI is InChI=1S/C23H26INO5S2.Na/c1-16(2)17-6-12-21-18(15-23(32(28,29)30)22(21)13-7-17)5-3-4-14-25-31(26,27)20-10-8-19(24)9-11-20;/h6-13,15-16,25H,3-5,14H2,1-2H3,(H,28,29,30);/q;+1/p-1. The van der Waals surface area contributed by atoms with Crippen molar-refractivity contribution in [1.82, 2.24) is 4.72 Å². The van der Waals surface area contributed by atoms with Gasteiger partial charge in [0.2, 0.25) is 10.0 Å². The van der Waals surface area contributed by atoms with Gasteiger partial charge in [-0.2, -0.15) is 0 Å². The molecular formula is C23H25INNaO5S2. The minimum Gasteiger partial charge on any atom is -0.744 e. The van der Waals surface area contributed by atoms with Gasteiger partial charge in [0.15, 0.2) is 0 Å². The van der Waals surface area contributed by atoms with Crippen LogP contribution < -0.4 is 34.3 Å². The van der Waals surface area contributed by atoms with E-state index < -0.39 is 20.1 Å². The number of benzene rings is 1. The summed E-state index contributed by atoms with van der Waals surface area (Å²) in [7, 11) is -8.17. The zero-order valence-corrected chi connectivity index (χ0v) is 24.6. The molecule has 0 unspecified atom stereocenters. The van der Waals surface area contributed by atoms with E-state index in [1.165, 1.54) is 6.07 Å². The van der Waals surface area contributed by atoms with Gasteiger partial charge < -0.3 is 4.55 Å². The normalized spacial score (nSPS) is 12.2. The number of hydrogen-bond donors (Lipinski definition) is 1. The fourth-order valence-electron chi connectivity index (χ4n) is 3.55. The van der Waals surface area contributed by atoms with Gasteiger partial charge in [0.25, 0.3) is 0 Å². The van der Waals surface area contributed by atoms with Crippen LogP contribution in [0, 0.1) is 3.57 Å². The number of halogens is 1. The molecule has 0 spiro atoms. The van der Waals surface area contributed by atoms with Crippen molar-refractivity contribution in [1.29, 1.82) is 0 Å². The second-order valence-electron chi connectivity index (χ2n) is 7.95. The molecule has 0 atom stereocenters. The molecule has 10 heteroatoms. The predicted molar refractivity (Wildman–Crippen MR) is 132 cm³/mol.